The molecule has 0 aliphatic heterocycles. The van der Waals surface area contributed by atoms with Gasteiger partial charge in [0.2, 0.25) is 0 Å². The Labute approximate surface area is 131 Å². The molecule has 4 nitrogen and oxygen atoms in total. The van der Waals surface area contributed by atoms with Crippen molar-refractivity contribution in [3.05, 3.63) is 60.8 Å². The summed E-state index contributed by atoms with van der Waals surface area (Å²) in [7, 11) is 0. The molecule has 0 amide bonds. The van der Waals surface area contributed by atoms with E-state index in [1.54, 1.807) is 29.5 Å². The van der Waals surface area contributed by atoms with Gasteiger partial charge in [-0.3, -0.25) is 10.1 Å². The smallest absolute Gasteiger partial charge is 0.273 e. The molecule has 1 N–H and O–H groups in total. The van der Waals surface area contributed by atoms with Gasteiger partial charge in [0.15, 0.2) is 0 Å². The van der Waals surface area contributed by atoms with Crippen LogP contribution in [-0.4, -0.2) is 4.92 Å². The third kappa shape index (κ3) is 3.10. The van der Waals surface area contributed by atoms with E-state index in [9.17, 15) is 10.1 Å². The normalized spacial score (nSPS) is 17.5. The molecule has 0 saturated carbocycles. The molecular formula is C15H15ClN2O2S. The number of para-hydroxylation sites is 1. The lowest BCUT2D eigenvalue weighted by molar-refractivity contribution is -0.385. The van der Waals surface area contributed by atoms with Gasteiger partial charge in [0.25, 0.3) is 5.69 Å². The fourth-order valence-corrected chi connectivity index (χ4v) is 4.19. The lowest BCUT2D eigenvalue weighted by Crippen LogP contribution is -2.24. The highest BCUT2D eigenvalue weighted by Gasteiger charge is 2.23. The number of nitro benzene ring substituents is 1. The summed E-state index contributed by atoms with van der Waals surface area (Å²) in [6.07, 6.45) is 3.25. The summed E-state index contributed by atoms with van der Waals surface area (Å²) in [5.41, 5.74) is 2.15. The molecule has 1 atom stereocenters. The van der Waals surface area contributed by atoms with E-state index in [0.717, 1.165) is 29.2 Å². The molecule has 1 unspecified atom stereocenters. The Morgan fingerprint density at radius 3 is 3.05 bits per heavy atom. The maximum Gasteiger partial charge on any atom is 0.273 e. The number of nitrogens with one attached hydrogen (secondary N) is 1. The highest BCUT2D eigenvalue weighted by molar-refractivity contribution is 7.16. The number of hydrogen-bond donors (Lipinski definition) is 1. The van der Waals surface area contributed by atoms with E-state index < -0.39 is 0 Å². The highest BCUT2D eigenvalue weighted by atomic mass is 35.5. The van der Waals surface area contributed by atoms with E-state index in [0.29, 0.717) is 6.54 Å². The summed E-state index contributed by atoms with van der Waals surface area (Å²) in [6, 6.07) is 9.13. The quantitative estimate of drug-likeness (QED) is 0.667. The average Bonchev–Trinajstić information content (AvgIpc) is 2.86. The molecule has 0 radical (unpaired) electrons. The van der Waals surface area contributed by atoms with Crippen LogP contribution in [0.3, 0.4) is 0 Å². The monoisotopic (exact) mass is 322 g/mol. The van der Waals surface area contributed by atoms with E-state index >= 15 is 0 Å². The van der Waals surface area contributed by atoms with Crippen molar-refractivity contribution in [2.45, 2.75) is 31.8 Å². The molecule has 0 saturated heterocycles. The van der Waals surface area contributed by atoms with Crippen molar-refractivity contribution in [2.24, 2.45) is 0 Å². The van der Waals surface area contributed by atoms with Crippen molar-refractivity contribution in [1.82, 2.24) is 5.32 Å². The van der Waals surface area contributed by atoms with Crippen LogP contribution in [0.25, 0.3) is 0 Å². The van der Waals surface area contributed by atoms with Gasteiger partial charge < -0.3 is 5.32 Å². The maximum absolute atomic E-state index is 11.0. The first-order chi connectivity index (χ1) is 10.1. The van der Waals surface area contributed by atoms with Crippen LogP contribution in [-0.2, 0) is 13.0 Å². The maximum atomic E-state index is 11.0. The fraction of sp³-hybridized carbons (Fsp3) is 0.333. The summed E-state index contributed by atoms with van der Waals surface area (Å²) < 4.78 is 0.819. The summed E-state index contributed by atoms with van der Waals surface area (Å²) in [6.45, 7) is 0.495. The van der Waals surface area contributed by atoms with Crippen LogP contribution in [0.15, 0.2) is 30.3 Å². The Balaban J connectivity index is 1.76. The second kappa shape index (κ2) is 6.13. The summed E-state index contributed by atoms with van der Waals surface area (Å²) in [5, 5.41) is 14.5. The van der Waals surface area contributed by atoms with Crippen LogP contribution in [0.5, 0.6) is 0 Å². The van der Waals surface area contributed by atoms with E-state index in [-0.39, 0.29) is 16.7 Å². The summed E-state index contributed by atoms with van der Waals surface area (Å²) in [5.74, 6) is 0. The number of aryl methyl sites for hydroxylation is 1. The Kier molecular flexibility index (Phi) is 4.24. The number of benzene rings is 1. The number of nitrogens with zero attached hydrogens (tertiary/aromatic N) is 1. The van der Waals surface area contributed by atoms with Crippen molar-refractivity contribution in [2.75, 3.05) is 0 Å². The predicted octanol–water partition coefficient (Wildman–Crippen LogP) is 4.48. The third-order valence-electron chi connectivity index (χ3n) is 3.81. The first-order valence-electron chi connectivity index (χ1n) is 6.89. The van der Waals surface area contributed by atoms with Gasteiger partial charge in [-0.05, 0) is 30.9 Å². The number of thiophene rings is 1. The van der Waals surface area contributed by atoms with Crippen molar-refractivity contribution in [1.29, 1.82) is 0 Å². The molecule has 6 heteroatoms. The number of hydrogen-bond acceptors (Lipinski definition) is 4. The first kappa shape index (κ1) is 14.5. The first-order valence-corrected chi connectivity index (χ1v) is 8.08. The second-order valence-electron chi connectivity index (χ2n) is 5.14. The topological polar surface area (TPSA) is 55.2 Å². The standard InChI is InChI=1S/C15H15ClN2O2S/c16-15-8-11-12(5-3-7-14(11)21-15)17-9-10-4-1-2-6-13(10)18(19)20/h1-2,4,6,8,12,17H,3,5,7,9H2. The van der Waals surface area contributed by atoms with Crippen LogP contribution in [0.4, 0.5) is 5.69 Å². The molecule has 2 aromatic rings. The molecule has 1 aromatic heterocycles. The molecule has 110 valence electrons. The van der Waals surface area contributed by atoms with Gasteiger partial charge in [-0.2, -0.15) is 0 Å². The fourth-order valence-electron chi connectivity index (χ4n) is 2.80. The zero-order valence-corrected chi connectivity index (χ0v) is 12.9. The number of halogens is 1. The molecule has 1 aliphatic rings. The van der Waals surface area contributed by atoms with Crippen LogP contribution in [0.2, 0.25) is 4.34 Å². The van der Waals surface area contributed by atoms with Gasteiger partial charge in [-0.25, -0.2) is 0 Å². The van der Waals surface area contributed by atoms with Gasteiger partial charge in [0.1, 0.15) is 0 Å². The van der Waals surface area contributed by atoms with Crippen LogP contribution in [0.1, 0.15) is 34.9 Å². The van der Waals surface area contributed by atoms with Crippen LogP contribution in [0, 0.1) is 10.1 Å². The molecule has 0 spiro atoms. The molecule has 1 aliphatic carbocycles. The molecule has 1 heterocycles. The Hall–Kier alpha value is -1.43. The van der Waals surface area contributed by atoms with Gasteiger partial charge in [0.05, 0.1) is 9.26 Å². The van der Waals surface area contributed by atoms with Gasteiger partial charge >= 0.3 is 0 Å². The van der Waals surface area contributed by atoms with Crippen LogP contribution >= 0.6 is 22.9 Å². The van der Waals surface area contributed by atoms with Gasteiger partial charge in [-0.15, -0.1) is 11.3 Å². The van der Waals surface area contributed by atoms with Crippen LogP contribution < -0.4 is 5.32 Å². The minimum atomic E-state index is -0.329. The van der Waals surface area contributed by atoms with Crippen molar-refractivity contribution in [3.8, 4) is 0 Å². The zero-order valence-electron chi connectivity index (χ0n) is 11.3. The van der Waals surface area contributed by atoms with E-state index in [1.165, 1.54) is 10.4 Å². The molecule has 1 aromatic carbocycles. The third-order valence-corrected chi connectivity index (χ3v) is 5.15. The van der Waals surface area contributed by atoms with E-state index in [4.69, 9.17) is 11.6 Å². The lowest BCUT2D eigenvalue weighted by Gasteiger charge is -2.23. The molecule has 0 bridgehead atoms. The van der Waals surface area contributed by atoms with E-state index in [1.807, 2.05) is 12.1 Å². The minimum Gasteiger partial charge on any atom is -0.306 e. The predicted molar refractivity (Wildman–Crippen MR) is 84.9 cm³/mol. The van der Waals surface area contributed by atoms with Crippen molar-refractivity contribution < 1.29 is 4.92 Å². The highest BCUT2D eigenvalue weighted by Crippen LogP contribution is 2.38. The zero-order chi connectivity index (χ0) is 14.8. The Morgan fingerprint density at radius 1 is 1.43 bits per heavy atom. The molecular weight excluding hydrogens is 308 g/mol. The molecule has 21 heavy (non-hydrogen) atoms. The van der Waals surface area contributed by atoms with Gasteiger partial charge in [-0.1, -0.05) is 29.8 Å². The van der Waals surface area contributed by atoms with Gasteiger partial charge in [0, 0.05) is 29.1 Å². The van der Waals surface area contributed by atoms with Crippen molar-refractivity contribution in [3.63, 3.8) is 0 Å². The summed E-state index contributed by atoms with van der Waals surface area (Å²) in [4.78, 5) is 12.0. The largest absolute Gasteiger partial charge is 0.306 e. The minimum absolute atomic E-state index is 0.171. The lowest BCUT2D eigenvalue weighted by atomic mass is 9.94. The van der Waals surface area contributed by atoms with E-state index in [2.05, 4.69) is 5.32 Å². The summed E-state index contributed by atoms with van der Waals surface area (Å²) >= 11 is 7.74. The Morgan fingerprint density at radius 2 is 2.24 bits per heavy atom. The van der Waals surface area contributed by atoms with Crippen molar-refractivity contribution >= 4 is 28.6 Å². The number of nitro groups is 1. The molecule has 3 rings (SSSR count). The Bertz CT molecular complexity index is 671. The number of fused-ring (bicyclic) bond motifs is 1. The second-order valence-corrected chi connectivity index (χ2v) is 6.91. The molecule has 0 fully saturated rings. The SMILES string of the molecule is O=[N+]([O-])c1ccccc1CNC1CCCc2sc(Cl)cc21. The average molecular weight is 323 g/mol. The number of rotatable bonds is 4.